The minimum Gasteiger partial charge on any atom is -0.269 e. The molecule has 2 aromatic rings. The van der Waals surface area contributed by atoms with Crippen LogP contribution in [0.15, 0.2) is 18.2 Å². The van der Waals surface area contributed by atoms with E-state index in [1.807, 2.05) is 0 Å². The summed E-state index contributed by atoms with van der Waals surface area (Å²) in [5.74, 6) is 0.772. The Hall–Kier alpha value is -1.27. The van der Waals surface area contributed by atoms with Gasteiger partial charge in [0.2, 0.25) is 5.28 Å². The average Bonchev–Trinajstić information content (AvgIpc) is 3.11. The number of hydrogen-bond acceptors (Lipinski definition) is 2. The molecule has 0 bridgehead atoms. The fraction of sp³-hybridized carbons (Fsp3) is 0.333. The van der Waals surface area contributed by atoms with Gasteiger partial charge in [-0.05, 0) is 42.6 Å². The maximum atomic E-state index is 12.8. The number of nitrogens with zero attached hydrogens (tertiary/aromatic N) is 3. The number of alkyl halides is 3. The molecule has 1 aliphatic carbocycles. The van der Waals surface area contributed by atoms with Crippen LogP contribution in [0.3, 0.4) is 0 Å². The first-order valence-corrected chi connectivity index (χ1v) is 6.61. The maximum Gasteiger partial charge on any atom is 0.416 e. The summed E-state index contributed by atoms with van der Waals surface area (Å²) >= 11 is 11.7. The fourth-order valence-corrected chi connectivity index (χ4v) is 2.44. The second kappa shape index (κ2) is 4.63. The minimum atomic E-state index is -4.47. The van der Waals surface area contributed by atoms with Gasteiger partial charge in [-0.2, -0.15) is 13.2 Å². The van der Waals surface area contributed by atoms with Crippen LogP contribution < -0.4 is 0 Å². The fourth-order valence-electron chi connectivity index (χ4n) is 1.99. The van der Waals surface area contributed by atoms with E-state index in [1.54, 1.807) is 0 Å². The van der Waals surface area contributed by atoms with Gasteiger partial charge in [-0.25, -0.2) is 0 Å². The zero-order valence-electron chi connectivity index (χ0n) is 9.96. The van der Waals surface area contributed by atoms with Crippen LogP contribution in [0.4, 0.5) is 13.2 Å². The van der Waals surface area contributed by atoms with Gasteiger partial charge in [-0.15, -0.1) is 10.2 Å². The van der Waals surface area contributed by atoms with Crippen molar-refractivity contribution in [3.05, 3.63) is 39.9 Å². The molecule has 0 saturated heterocycles. The third-order valence-electron chi connectivity index (χ3n) is 3.06. The van der Waals surface area contributed by atoms with Crippen molar-refractivity contribution < 1.29 is 13.2 Å². The lowest BCUT2D eigenvalue weighted by atomic mass is 10.2. The van der Waals surface area contributed by atoms with Crippen LogP contribution in [-0.2, 0) is 6.18 Å². The van der Waals surface area contributed by atoms with Crippen LogP contribution in [0.2, 0.25) is 10.3 Å². The van der Waals surface area contributed by atoms with Gasteiger partial charge < -0.3 is 0 Å². The van der Waals surface area contributed by atoms with Crippen molar-refractivity contribution in [2.75, 3.05) is 0 Å². The monoisotopic (exact) mass is 321 g/mol. The van der Waals surface area contributed by atoms with Crippen molar-refractivity contribution in [2.24, 2.45) is 0 Å². The third kappa shape index (κ3) is 2.50. The Morgan fingerprint density at radius 2 is 1.80 bits per heavy atom. The summed E-state index contributed by atoms with van der Waals surface area (Å²) in [7, 11) is 0. The van der Waals surface area contributed by atoms with E-state index in [4.69, 9.17) is 23.2 Å². The molecule has 1 aromatic heterocycles. The van der Waals surface area contributed by atoms with Crippen molar-refractivity contribution >= 4 is 23.2 Å². The summed E-state index contributed by atoms with van der Waals surface area (Å²) in [5, 5.41) is 7.68. The predicted molar refractivity (Wildman–Crippen MR) is 68.4 cm³/mol. The Kier molecular flexibility index (Phi) is 3.17. The molecule has 20 heavy (non-hydrogen) atoms. The smallest absolute Gasteiger partial charge is 0.269 e. The highest BCUT2D eigenvalue weighted by molar-refractivity contribution is 6.31. The molecule has 0 N–H and O–H groups in total. The molecular weight excluding hydrogens is 314 g/mol. The number of hydrogen-bond donors (Lipinski definition) is 0. The molecular formula is C12H8Cl2F3N3. The van der Waals surface area contributed by atoms with Crippen molar-refractivity contribution in [1.29, 1.82) is 0 Å². The van der Waals surface area contributed by atoms with Crippen molar-refractivity contribution in [3.8, 4) is 5.69 Å². The molecule has 0 atom stereocenters. The highest BCUT2D eigenvalue weighted by atomic mass is 35.5. The molecule has 1 heterocycles. The molecule has 3 rings (SSSR count). The number of halogens is 5. The van der Waals surface area contributed by atoms with E-state index in [-0.39, 0.29) is 21.9 Å². The van der Waals surface area contributed by atoms with Gasteiger partial charge in [0.25, 0.3) is 0 Å². The standard InChI is InChI=1S/C12H8Cl2F3N3/c13-8-3-7(12(15,16)17)4-9(5-8)20-10(6-1-2-6)18-19-11(20)14/h3-6H,1-2H2. The lowest BCUT2D eigenvalue weighted by Crippen LogP contribution is -2.07. The molecule has 3 nitrogen and oxygen atoms in total. The molecule has 0 amide bonds. The molecule has 0 radical (unpaired) electrons. The summed E-state index contributed by atoms with van der Waals surface area (Å²) in [6.07, 6.45) is -2.61. The van der Waals surface area contributed by atoms with E-state index >= 15 is 0 Å². The predicted octanol–water partition coefficient (Wildman–Crippen LogP) is 4.47. The molecule has 0 aliphatic heterocycles. The van der Waals surface area contributed by atoms with Crippen LogP contribution in [0, 0.1) is 0 Å². The van der Waals surface area contributed by atoms with E-state index in [0.29, 0.717) is 5.82 Å². The van der Waals surface area contributed by atoms with Crippen LogP contribution in [-0.4, -0.2) is 14.8 Å². The summed E-state index contributed by atoms with van der Waals surface area (Å²) in [6.45, 7) is 0. The van der Waals surface area contributed by atoms with Gasteiger partial charge in [0.1, 0.15) is 5.82 Å². The van der Waals surface area contributed by atoms with Crippen LogP contribution >= 0.6 is 23.2 Å². The maximum absolute atomic E-state index is 12.8. The van der Waals surface area contributed by atoms with Crippen LogP contribution in [0.1, 0.15) is 30.1 Å². The zero-order chi connectivity index (χ0) is 14.5. The van der Waals surface area contributed by atoms with Gasteiger partial charge in [-0.1, -0.05) is 11.6 Å². The van der Waals surface area contributed by atoms with E-state index in [9.17, 15) is 13.2 Å². The highest BCUT2D eigenvalue weighted by Crippen LogP contribution is 2.41. The van der Waals surface area contributed by atoms with E-state index < -0.39 is 11.7 Å². The van der Waals surface area contributed by atoms with Gasteiger partial charge in [0, 0.05) is 10.9 Å². The topological polar surface area (TPSA) is 30.7 Å². The minimum absolute atomic E-state index is 0.0126. The summed E-state index contributed by atoms with van der Waals surface area (Å²) < 4.78 is 39.9. The molecule has 1 fully saturated rings. The normalized spacial score (nSPS) is 15.7. The SMILES string of the molecule is FC(F)(F)c1cc(Cl)cc(-n2c(Cl)nnc2C2CC2)c1. The first-order chi connectivity index (χ1) is 9.36. The van der Waals surface area contributed by atoms with Crippen LogP contribution in [0.5, 0.6) is 0 Å². The van der Waals surface area contributed by atoms with E-state index in [0.717, 1.165) is 25.0 Å². The molecule has 8 heteroatoms. The Morgan fingerprint density at radius 3 is 2.40 bits per heavy atom. The first-order valence-electron chi connectivity index (χ1n) is 5.85. The second-order valence-electron chi connectivity index (χ2n) is 4.63. The molecule has 106 valence electrons. The average molecular weight is 322 g/mol. The second-order valence-corrected chi connectivity index (χ2v) is 5.41. The van der Waals surface area contributed by atoms with Crippen LogP contribution in [0.25, 0.3) is 5.69 Å². The van der Waals surface area contributed by atoms with Crippen molar-refractivity contribution in [1.82, 2.24) is 14.8 Å². The number of rotatable bonds is 2. The summed E-state index contributed by atoms with van der Waals surface area (Å²) in [6, 6.07) is 3.28. The summed E-state index contributed by atoms with van der Waals surface area (Å²) in [5.41, 5.74) is -0.603. The van der Waals surface area contributed by atoms with Crippen molar-refractivity contribution in [3.63, 3.8) is 0 Å². The Labute approximate surface area is 122 Å². The molecule has 1 saturated carbocycles. The Bertz CT molecular complexity index is 662. The zero-order valence-corrected chi connectivity index (χ0v) is 11.5. The van der Waals surface area contributed by atoms with Gasteiger partial charge >= 0.3 is 6.18 Å². The third-order valence-corrected chi connectivity index (χ3v) is 3.52. The largest absolute Gasteiger partial charge is 0.416 e. The Balaban J connectivity index is 2.15. The summed E-state index contributed by atoms with van der Waals surface area (Å²) in [4.78, 5) is 0. The molecule has 1 aliphatic rings. The van der Waals surface area contributed by atoms with E-state index in [1.165, 1.54) is 10.6 Å². The number of aromatic nitrogens is 3. The lowest BCUT2D eigenvalue weighted by molar-refractivity contribution is -0.137. The lowest BCUT2D eigenvalue weighted by Gasteiger charge is -2.12. The molecule has 0 unspecified atom stereocenters. The van der Waals surface area contributed by atoms with Gasteiger partial charge in [0.05, 0.1) is 11.3 Å². The quantitative estimate of drug-likeness (QED) is 0.817. The highest BCUT2D eigenvalue weighted by Gasteiger charge is 2.33. The van der Waals surface area contributed by atoms with Crippen molar-refractivity contribution in [2.45, 2.75) is 24.9 Å². The van der Waals surface area contributed by atoms with Gasteiger partial charge in [0.15, 0.2) is 0 Å². The first kappa shape index (κ1) is 13.7. The Morgan fingerprint density at radius 1 is 1.10 bits per heavy atom. The van der Waals surface area contributed by atoms with E-state index in [2.05, 4.69) is 10.2 Å². The van der Waals surface area contributed by atoms with Gasteiger partial charge in [-0.3, -0.25) is 4.57 Å². The number of benzene rings is 1. The molecule has 0 spiro atoms. The molecule has 1 aromatic carbocycles.